The van der Waals surface area contributed by atoms with Crippen LogP contribution in [-0.4, -0.2) is 49.6 Å². The van der Waals surface area contributed by atoms with Gasteiger partial charge < -0.3 is 42.3 Å². The van der Waals surface area contributed by atoms with E-state index in [9.17, 15) is 19.2 Å². The molecule has 15 heteroatoms. The van der Waals surface area contributed by atoms with Crippen LogP contribution in [-0.2, 0) is 22.6 Å². The molecular weight excluding hydrogens is 535 g/mol. The Hall–Kier alpha value is -3.46. The van der Waals surface area contributed by atoms with E-state index in [1.54, 1.807) is 30.3 Å². The number of nitrogens with one attached hydrogen (secondary N) is 2. The minimum atomic E-state index is -1.16. The lowest BCUT2D eigenvalue weighted by molar-refractivity contribution is -0.139. The van der Waals surface area contributed by atoms with Crippen molar-refractivity contribution >= 4 is 52.6 Å². The minimum absolute atomic E-state index is 0. The number of amides is 1. The number of hydrogen-bond donors (Lipinski definition) is 4. The third kappa shape index (κ3) is 7.07. The summed E-state index contributed by atoms with van der Waals surface area (Å²) in [5.74, 6) is -1.41. The molecular formula is C22H28Cl2N4O9. The maximum atomic E-state index is 12.9. The van der Waals surface area contributed by atoms with Crippen LogP contribution in [0, 0.1) is 0 Å². The molecule has 2 aromatic carbocycles. The Labute approximate surface area is 220 Å². The third-order valence-corrected chi connectivity index (χ3v) is 5.71. The smallest absolute Gasteiger partial charge is 0.341 e. The zero-order valence-electron chi connectivity index (χ0n) is 19.3. The van der Waals surface area contributed by atoms with Crippen LogP contribution >= 0.6 is 24.0 Å². The second-order valence-corrected chi connectivity index (χ2v) is 8.19. The van der Waals surface area contributed by atoms with E-state index >= 15 is 0 Å². The second-order valence-electron chi connectivity index (χ2n) is 7.75. The fourth-order valence-corrected chi connectivity index (χ4v) is 4.32. The molecule has 13 nitrogen and oxygen atoms in total. The van der Waals surface area contributed by atoms with Crippen molar-refractivity contribution in [2.45, 2.75) is 31.8 Å². The fourth-order valence-electron chi connectivity index (χ4n) is 4.08. The summed E-state index contributed by atoms with van der Waals surface area (Å²) in [6.45, 7) is -0.371. The van der Waals surface area contributed by atoms with E-state index in [0.717, 1.165) is 5.56 Å². The quantitative estimate of drug-likeness (QED) is 0.280. The first-order valence-electron chi connectivity index (χ1n) is 10.2. The van der Waals surface area contributed by atoms with Gasteiger partial charge in [0.1, 0.15) is 5.75 Å². The summed E-state index contributed by atoms with van der Waals surface area (Å²) >= 11 is 6.13. The molecule has 37 heavy (non-hydrogen) atoms. The van der Waals surface area contributed by atoms with E-state index in [4.69, 9.17) is 27.2 Å². The van der Waals surface area contributed by atoms with Crippen LogP contribution in [0.15, 0.2) is 39.9 Å². The number of aryl methyl sites for hydroxylation is 1. The van der Waals surface area contributed by atoms with Crippen LogP contribution in [0.3, 0.4) is 0 Å². The lowest BCUT2D eigenvalue weighted by atomic mass is 9.96. The van der Waals surface area contributed by atoms with E-state index in [-0.39, 0.29) is 53.2 Å². The number of carbonyl (C=O) groups excluding carboxylic acids is 1. The minimum Gasteiger partial charge on any atom is -0.480 e. The molecule has 1 atom stereocenters. The van der Waals surface area contributed by atoms with Gasteiger partial charge in [-0.15, -0.1) is 12.4 Å². The van der Waals surface area contributed by atoms with Gasteiger partial charge in [-0.25, -0.2) is 4.79 Å². The summed E-state index contributed by atoms with van der Waals surface area (Å²) in [7, 11) is 0. The zero-order valence-corrected chi connectivity index (χ0v) is 20.9. The van der Waals surface area contributed by atoms with Crippen molar-refractivity contribution in [3.05, 3.63) is 67.2 Å². The van der Waals surface area contributed by atoms with Crippen molar-refractivity contribution in [2.75, 3.05) is 11.9 Å². The average Bonchev–Trinajstić information content (AvgIpc) is 2.77. The Balaban J connectivity index is 0.00000324. The number of hydrogen-bond acceptors (Lipinski definition) is 6. The van der Waals surface area contributed by atoms with Gasteiger partial charge in [-0.2, -0.15) is 0 Å². The molecule has 3 aromatic rings. The molecule has 1 amide bonds. The molecule has 2 heterocycles. The number of aromatic amines is 1. The van der Waals surface area contributed by atoms with Gasteiger partial charge in [-0.1, -0.05) is 17.7 Å². The Morgan fingerprint density at radius 1 is 1.19 bits per heavy atom. The number of ether oxygens (including phenoxy) is 1. The maximum absolute atomic E-state index is 12.9. The van der Waals surface area contributed by atoms with Crippen molar-refractivity contribution in [1.82, 2.24) is 9.55 Å². The molecule has 0 radical (unpaired) electrons. The Bertz CT molecular complexity index is 1390. The second kappa shape index (κ2) is 13.7. The van der Waals surface area contributed by atoms with E-state index in [1.807, 2.05) is 0 Å². The molecule has 11 N–H and O–H groups in total. The molecule has 0 saturated heterocycles. The van der Waals surface area contributed by atoms with Gasteiger partial charge in [0.05, 0.1) is 16.7 Å². The summed E-state index contributed by atoms with van der Waals surface area (Å²) < 4.78 is 6.65. The van der Waals surface area contributed by atoms with Crippen LogP contribution in [0.4, 0.5) is 5.69 Å². The number of H-pyrrole nitrogens is 1. The molecule has 0 bridgehead atoms. The van der Waals surface area contributed by atoms with Crippen molar-refractivity contribution in [3.8, 4) is 5.75 Å². The first-order valence-corrected chi connectivity index (χ1v) is 10.6. The summed E-state index contributed by atoms with van der Waals surface area (Å²) in [5, 5.41) is 12.1. The number of benzene rings is 2. The van der Waals surface area contributed by atoms with E-state index < -0.39 is 35.6 Å². The monoisotopic (exact) mass is 562 g/mol. The lowest BCUT2D eigenvalue weighted by Crippen LogP contribution is -2.41. The van der Waals surface area contributed by atoms with E-state index in [0.29, 0.717) is 34.5 Å². The van der Waals surface area contributed by atoms with Crippen molar-refractivity contribution in [3.63, 3.8) is 0 Å². The highest BCUT2D eigenvalue weighted by Gasteiger charge is 2.27. The first-order chi connectivity index (χ1) is 15.8. The Morgan fingerprint density at radius 3 is 2.54 bits per heavy atom. The van der Waals surface area contributed by atoms with Gasteiger partial charge in [0.2, 0.25) is 5.91 Å². The van der Waals surface area contributed by atoms with Crippen LogP contribution in [0.5, 0.6) is 5.75 Å². The van der Waals surface area contributed by atoms with Crippen LogP contribution in [0.25, 0.3) is 11.0 Å². The molecule has 0 spiro atoms. The van der Waals surface area contributed by atoms with Gasteiger partial charge in [0.15, 0.2) is 6.61 Å². The highest BCUT2D eigenvalue weighted by molar-refractivity contribution is 6.31. The zero-order chi connectivity index (χ0) is 23.7. The number of aromatic nitrogens is 2. The molecule has 0 unspecified atom stereocenters. The fraction of sp³-hybridized carbons (Fsp3) is 0.273. The maximum Gasteiger partial charge on any atom is 0.341 e. The normalized spacial score (nSPS) is 13.2. The summed E-state index contributed by atoms with van der Waals surface area (Å²) in [6.07, 6.45) is 0.976. The number of aliphatic carboxylic acids is 1. The molecule has 204 valence electrons. The molecule has 0 aliphatic carbocycles. The van der Waals surface area contributed by atoms with E-state index in [2.05, 4.69) is 10.3 Å². The third-order valence-electron chi connectivity index (χ3n) is 5.50. The molecule has 0 saturated carbocycles. The van der Waals surface area contributed by atoms with Gasteiger partial charge in [0.25, 0.3) is 0 Å². The van der Waals surface area contributed by atoms with Gasteiger partial charge in [-0.3, -0.25) is 19.0 Å². The van der Waals surface area contributed by atoms with E-state index in [1.165, 1.54) is 4.57 Å². The highest BCUT2D eigenvalue weighted by atomic mass is 35.5. The lowest BCUT2D eigenvalue weighted by Gasteiger charge is -2.27. The highest BCUT2D eigenvalue weighted by Crippen LogP contribution is 2.33. The Morgan fingerprint density at radius 2 is 1.89 bits per heavy atom. The summed E-state index contributed by atoms with van der Waals surface area (Å²) in [6, 6.07) is 7.61. The number of nitrogens with two attached hydrogens (primary N) is 1. The van der Waals surface area contributed by atoms with Crippen molar-refractivity contribution in [2.24, 2.45) is 5.73 Å². The molecule has 0 fully saturated rings. The first kappa shape index (κ1) is 33.5. The number of carboxylic acid groups (broad SMARTS) is 1. The Kier molecular flexibility index (Phi) is 12.5. The number of carboxylic acids is 1. The van der Waals surface area contributed by atoms with Gasteiger partial charge in [0, 0.05) is 24.0 Å². The van der Waals surface area contributed by atoms with Crippen LogP contribution in [0.2, 0.25) is 5.02 Å². The van der Waals surface area contributed by atoms with Crippen LogP contribution < -0.4 is 26.9 Å². The number of anilines is 1. The van der Waals surface area contributed by atoms with Gasteiger partial charge >= 0.3 is 17.1 Å². The SMILES string of the molecule is Cl.NCc1ccc(NC(=O)C[C@@H]2CCc3cc(Cl)cc4[nH]c(=O)c(=O)n2c34)c(OCC(=O)O)c1.O.O.O. The number of rotatable bonds is 7. The standard InChI is InChI=1S/C22H21ClN4O6.ClH.3H2O/c23-13-6-12-2-3-14(27-20(12)16(7-13)26-21(31)22(27)32)8-18(28)25-15-4-1-11(9-24)5-17(15)33-10-19(29)30;;;;/h1,4-7,14H,2-3,8-10,24H2,(H,25,28)(H,26,31)(H,29,30);1H;3*1H2/t14-;;;;/m0..../s1. The van der Waals surface area contributed by atoms with Gasteiger partial charge in [-0.05, 0) is 48.2 Å². The number of halogens is 2. The molecule has 1 aromatic heterocycles. The molecule has 4 rings (SSSR count). The van der Waals surface area contributed by atoms with Crippen molar-refractivity contribution < 1.29 is 35.9 Å². The molecule has 1 aliphatic rings. The summed E-state index contributed by atoms with van der Waals surface area (Å²) in [5.41, 5.74) is 6.92. The van der Waals surface area contributed by atoms with Crippen molar-refractivity contribution in [1.29, 1.82) is 0 Å². The largest absolute Gasteiger partial charge is 0.480 e. The number of carbonyl (C=O) groups is 2. The number of nitrogens with zero attached hydrogens (tertiary/aromatic N) is 1. The predicted molar refractivity (Wildman–Crippen MR) is 140 cm³/mol. The molecule has 1 aliphatic heterocycles. The topological polar surface area (TPSA) is 251 Å². The average molecular weight is 563 g/mol. The van der Waals surface area contributed by atoms with Crippen LogP contribution in [0.1, 0.15) is 30.0 Å². The predicted octanol–water partition coefficient (Wildman–Crippen LogP) is -0.271. The summed E-state index contributed by atoms with van der Waals surface area (Å²) in [4.78, 5) is 51.2.